The summed E-state index contributed by atoms with van der Waals surface area (Å²) in [4.78, 5) is 62.9. The minimum absolute atomic E-state index is 0. The van der Waals surface area contributed by atoms with Crippen molar-refractivity contribution in [2.45, 2.75) is 109 Å². The SMILES string of the molecule is C[C@@H]1CN(CCCC2CCC(N3C(=S)N(c4cnc(C#N)c(Cl)c4)C(=O)C3(C)C)CC2)C[C@H](C)N1CC(=O)Nc1ccc(C2CCC(=O)NC2=O)cc1.Cl. The number of piperazine rings is 1. The molecule has 2 aromatic rings. The van der Waals surface area contributed by atoms with Crippen molar-refractivity contribution in [1.29, 1.82) is 5.26 Å². The Bertz CT molecular complexity index is 1780. The minimum atomic E-state index is -0.795. The highest BCUT2D eigenvalue weighted by atomic mass is 35.5. The number of benzene rings is 1. The quantitative estimate of drug-likeness (QED) is 0.230. The van der Waals surface area contributed by atoms with Crippen LogP contribution in [0, 0.1) is 17.2 Å². The molecule has 1 aromatic carbocycles. The van der Waals surface area contributed by atoms with Crippen LogP contribution in [-0.4, -0.2) is 98.3 Å². The highest BCUT2D eigenvalue weighted by Crippen LogP contribution is 2.40. The normalized spacial score (nSPS) is 26.3. The van der Waals surface area contributed by atoms with Crippen LogP contribution in [0.5, 0.6) is 0 Å². The van der Waals surface area contributed by atoms with Gasteiger partial charge in [-0.25, -0.2) is 4.98 Å². The number of rotatable bonds is 10. The first-order chi connectivity index (χ1) is 25.3. The Kier molecular flexibility index (Phi) is 13.4. The van der Waals surface area contributed by atoms with Crippen LogP contribution in [0.15, 0.2) is 36.5 Å². The van der Waals surface area contributed by atoms with E-state index in [9.17, 15) is 24.4 Å². The maximum absolute atomic E-state index is 13.6. The molecule has 4 aliphatic rings. The number of nitriles is 1. The van der Waals surface area contributed by atoms with Crippen LogP contribution in [0.4, 0.5) is 11.4 Å². The number of piperidine rings is 1. The van der Waals surface area contributed by atoms with Gasteiger partial charge in [-0.05, 0) is 121 Å². The molecule has 12 nitrogen and oxygen atoms in total. The van der Waals surface area contributed by atoms with Gasteiger partial charge in [-0.3, -0.25) is 34.3 Å². The zero-order valence-electron chi connectivity index (χ0n) is 31.3. The van der Waals surface area contributed by atoms with Crippen molar-refractivity contribution in [2.24, 2.45) is 5.92 Å². The Morgan fingerprint density at radius 2 is 1.74 bits per heavy atom. The lowest BCUT2D eigenvalue weighted by atomic mass is 9.82. The third-order valence-electron chi connectivity index (χ3n) is 11.5. The number of halogens is 2. The number of hydrogen-bond acceptors (Lipinski definition) is 9. The van der Waals surface area contributed by atoms with Crippen molar-refractivity contribution in [3.05, 3.63) is 52.8 Å². The van der Waals surface area contributed by atoms with Gasteiger partial charge in [0, 0.05) is 43.3 Å². The van der Waals surface area contributed by atoms with E-state index in [0.717, 1.165) is 63.7 Å². The molecule has 6 rings (SSSR count). The van der Waals surface area contributed by atoms with Crippen molar-refractivity contribution in [3.8, 4) is 6.07 Å². The largest absolute Gasteiger partial charge is 0.331 e. The Morgan fingerprint density at radius 1 is 1.07 bits per heavy atom. The lowest BCUT2D eigenvalue weighted by Crippen LogP contribution is -2.58. The summed E-state index contributed by atoms with van der Waals surface area (Å²) in [6, 6.07) is 11.5. The van der Waals surface area contributed by atoms with Crippen molar-refractivity contribution in [1.82, 2.24) is 25.0 Å². The maximum Gasteiger partial charge on any atom is 0.258 e. The van der Waals surface area contributed by atoms with E-state index < -0.39 is 5.54 Å². The molecule has 0 radical (unpaired) electrons. The lowest BCUT2D eigenvalue weighted by molar-refractivity contribution is -0.134. The van der Waals surface area contributed by atoms with E-state index in [1.165, 1.54) is 11.1 Å². The summed E-state index contributed by atoms with van der Waals surface area (Å²) in [6.45, 7) is 11.4. The maximum atomic E-state index is 13.6. The molecule has 3 atom stereocenters. The molecule has 3 aliphatic heterocycles. The molecule has 15 heteroatoms. The zero-order chi connectivity index (χ0) is 38.0. The molecule has 1 aliphatic carbocycles. The average molecular weight is 798 g/mol. The molecule has 3 saturated heterocycles. The van der Waals surface area contributed by atoms with E-state index in [1.54, 1.807) is 6.07 Å². The molecule has 1 aromatic heterocycles. The molecule has 4 heterocycles. The van der Waals surface area contributed by atoms with Crippen LogP contribution in [0.3, 0.4) is 0 Å². The Balaban J connectivity index is 0.00000561. The third kappa shape index (κ3) is 8.89. The molecule has 0 bridgehead atoms. The first kappa shape index (κ1) is 41.5. The van der Waals surface area contributed by atoms with E-state index >= 15 is 0 Å². The van der Waals surface area contributed by atoms with Gasteiger partial charge in [0.05, 0.1) is 29.4 Å². The highest BCUT2D eigenvalue weighted by molar-refractivity contribution is 7.80. The molecule has 0 spiro atoms. The summed E-state index contributed by atoms with van der Waals surface area (Å²) in [5.41, 5.74) is 1.33. The predicted molar refractivity (Wildman–Crippen MR) is 214 cm³/mol. The Hall–Kier alpha value is -3.67. The second kappa shape index (κ2) is 17.4. The molecule has 4 fully saturated rings. The summed E-state index contributed by atoms with van der Waals surface area (Å²) < 4.78 is 0. The fourth-order valence-corrected chi connectivity index (χ4v) is 9.48. The number of carbonyl (C=O) groups is 4. The molecule has 1 saturated carbocycles. The second-order valence-electron chi connectivity index (χ2n) is 15.6. The first-order valence-electron chi connectivity index (χ1n) is 18.7. The number of hydrogen-bond donors (Lipinski definition) is 2. The van der Waals surface area contributed by atoms with Gasteiger partial charge in [0.2, 0.25) is 17.7 Å². The van der Waals surface area contributed by atoms with Crippen molar-refractivity contribution in [2.75, 3.05) is 36.4 Å². The van der Waals surface area contributed by atoms with Crippen LogP contribution < -0.4 is 15.5 Å². The molecular weight excluding hydrogens is 747 g/mol. The van der Waals surface area contributed by atoms with Gasteiger partial charge in [0.25, 0.3) is 5.91 Å². The summed E-state index contributed by atoms with van der Waals surface area (Å²) in [7, 11) is 0. The van der Waals surface area contributed by atoms with E-state index in [4.69, 9.17) is 23.8 Å². The monoisotopic (exact) mass is 796 g/mol. The Morgan fingerprint density at radius 3 is 2.35 bits per heavy atom. The molecule has 54 heavy (non-hydrogen) atoms. The lowest BCUT2D eigenvalue weighted by Gasteiger charge is -2.44. The number of nitrogens with zero attached hydrogens (tertiary/aromatic N) is 6. The number of carbonyl (C=O) groups excluding carboxylic acids is 4. The van der Waals surface area contributed by atoms with E-state index in [1.807, 2.05) is 44.2 Å². The second-order valence-corrected chi connectivity index (χ2v) is 16.4. The smallest absolute Gasteiger partial charge is 0.258 e. The predicted octanol–water partition coefficient (Wildman–Crippen LogP) is 5.63. The first-order valence-corrected chi connectivity index (χ1v) is 19.5. The number of imide groups is 1. The molecule has 290 valence electrons. The van der Waals surface area contributed by atoms with Gasteiger partial charge in [-0.1, -0.05) is 23.7 Å². The van der Waals surface area contributed by atoms with Crippen molar-refractivity contribution in [3.63, 3.8) is 0 Å². The van der Waals surface area contributed by atoms with Crippen molar-refractivity contribution >= 4 is 76.3 Å². The van der Waals surface area contributed by atoms with Gasteiger partial charge in [-0.2, -0.15) is 5.26 Å². The number of aromatic nitrogens is 1. The van der Waals surface area contributed by atoms with Gasteiger partial charge >= 0.3 is 0 Å². The van der Waals surface area contributed by atoms with E-state index in [-0.39, 0.29) is 70.8 Å². The summed E-state index contributed by atoms with van der Waals surface area (Å²) in [5, 5.41) is 15.3. The van der Waals surface area contributed by atoms with Crippen LogP contribution in [-0.2, 0) is 19.2 Å². The zero-order valence-corrected chi connectivity index (χ0v) is 33.7. The van der Waals surface area contributed by atoms with Crippen LogP contribution in [0.1, 0.15) is 96.2 Å². The average Bonchev–Trinajstić information content (AvgIpc) is 3.29. The van der Waals surface area contributed by atoms with Crippen molar-refractivity contribution < 1.29 is 19.2 Å². The number of pyridine rings is 1. The van der Waals surface area contributed by atoms with Gasteiger partial charge in [0.15, 0.2) is 10.8 Å². The fraction of sp³-hybridized carbons (Fsp3) is 0.564. The Labute approximate surface area is 334 Å². The van der Waals surface area contributed by atoms with Crippen LogP contribution in [0.25, 0.3) is 0 Å². The number of amides is 4. The van der Waals surface area contributed by atoms with Gasteiger partial charge in [-0.15, -0.1) is 12.4 Å². The summed E-state index contributed by atoms with van der Waals surface area (Å²) in [5.74, 6) is -0.392. The third-order valence-corrected chi connectivity index (χ3v) is 12.2. The van der Waals surface area contributed by atoms with Crippen LogP contribution in [0.2, 0.25) is 5.02 Å². The van der Waals surface area contributed by atoms with E-state index in [0.29, 0.717) is 41.8 Å². The van der Waals surface area contributed by atoms with Gasteiger partial charge < -0.3 is 15.1 Å². The molecule has 1 unspecified atom stereocenters. The fourth-order valence-electron chi connectivity index (χ4n) is 8.72. The highest BCUT2D eigenvalue weighted by Gasteiger charge is 2.52. The summed E-state index contributed by atoms with van der Waals surface area (Å²) in [6.07, 6.45) is 8.72. The standard InChI is InChI=1S/C39H49ClN8O4S.ClH/c1-24-21-45(22-25(2)46(24)23-35(50)43-28-11-9-27(10-12-28)31-15-16-34(49)44-36(31)51)17-5-6-26-7-13-29(14-8-26)48-38(53)47(37(52)39(48,3)4)30-18-32(40)33(19-41)42-20-30;/h9-12,18,20,24-26,29,31H,5-8,13-17,21-23H2,1-4H3,(H,43,50)(H,44,49,51);1H/t24-,25+,26?,29?,31?;. The van der Waals surface area contributed by atoms with Gasteiger partial charge in [0.1, 0.15) is 11.6 Å². The topological polar surface area (TPSA) is 142 Å². The molecular formula is C39H50Cl2N8O4S. The molecule has 2 N–H and O–H groups in total. The van der Waals surface area contributed by atoms with Crippen LogP contribution >= 0.6 is 36.2 Å². The minimum Gasteiger partial charge on any atom is -0.331 e. The van der Waals surface area contributed by atoms with E-state index in [2.05, 4.69) is 44.2 Å². The summed E-state index contributed by atoms with van der Waals surface area (Å²) >= 11 is 12.1. The number of thiocarbonyl (C=S) groups is 1. The number of nitrogens with one attached hydrogen (secondary N) is 2. The molecule has 4 amide bonds. The number of anilines is 2.